The normalized spacial score (nSPS) is 18.0. The van der Waals surface area contributed by atoms with Crippen molar-refractivity contribution in [3.63, 3.8) is 0 Å². The molecule has 0 bridgehead atoms. The molecular weight excluding hydrogens is 310 g/mol. The Morgan fingerprint density at radius 1 is 1.26 bits per heavy atom. The summed E-state index contributed by atoms with van der Waals surface area (Å²) in [5, 5.41) is 1.92. The molecule has 0 saturated carbocycles. The fraction of sp³-hybridized carbons (Fsp3) is 0.333. The summed E-state index contributed by atoms with van der Waals surface area (Å²) in [5.74, 6) is 0.0495. The first-order valence-corrected chi connectivity index (χ1v) is 8.56. The number of rotatable bonds is 4. The van der Waals surface area contributed by atoms with Crippen LogP contribution < -0.4 is 0 Å². The fourth-order valence-corrected chi connectivity index (χ4v) is 3.65. The molecule has 0 unspecified atom stereocenters. The third-order valence-electron chi connectivity index (χ3n) is 4.06. The molecule has 1 amide bonds. The molecule has 3 rings (SSSR count). The SMILES string of the molecule is Cc1ccsc1C(=O)N1CCOC[C@@H]1CC(=O)c1ccccc1. The van der Waals surface area contributed by atoms with Crippen LogP contribution in [0.5, 0.6) is 0 Å². The van der Waals surface area contributed by atoms with Gasteiger partial charge in [0.05, 0.1) is 24.1 Å². The van der Waals surface area contributed by atoms with Crippen LogP contribution in [0.1, 0.15) is 32.0 Å². The van der Waals surface area contributed by atoms with E-state index in [0.29, 0.717) is 31.7 Å². The first-order chi connectivity index (χ1) is 11.2. The molecule has 0 N–H and O–H groups in total. The summed E-state index contributed by atoms with van der Waals surface area (Å²) in [4.78, 5) is 27.8. The smallest absolute Gasteiger partial charge is 0.264 e. The number of Topliss-reactive ketones (excluding diaryl/α,β-unsaturated/α-hetero) is 1. The summed E-state index contributed by atoms with van der Waals surface area (Å²) in [5.41, 5.74) is 1.66. The van der Waals surface area contributed by atoms with Crippen LogP contribution in [0.4, 0.5) is 0 Å². The van der Waals surface area contributed by atoms with E-state index in [1.807, 2.05) is 48.7 Å². The Morgan fingerprint density at radius 2 is 2.04 bits per heavy atom. The lowest BCUT2D eigenvalue weighted by Crippen LogP contribution is -2.49. The average molecular weight is 329 g/mol. The van der Waals surface area contributed by atoms with Crippen molar-refractivity contribution >= 4 is 23.0 Å². The second-order valence-electron chi connectivity index (χ2n) is 5.65. The Bertz CT molecular complexity index is 695. The van der Waals surface area contributed by atoms with Gasteiger partial charge in [-0.2, -0.15) is 0 Å². The van der Waals surface area contributed by atoms with E-state index in [1.54, 1.807) is 4.90 Å². The number of carbonyl (C=O) groups excluding carboxylic acids is 2. The first kappa shape index (κ1) is 15.9. The van der Waals surface area contributed by atoms with Gasteiger partial charge in [0.2, 0.25) is 0 Å². The first-order valence-electron chi connectivity index (χ1n) is 7.68. The van der Waals surface area contributed by atoms with Gasteiger partial charge in [-0.1, -0.05) is 30.3 Å². The summed E-state index contributed by atoms with van der Waals surface area (Å²) in [6, 6.07) is 10.9. The molecule has 1 aliphatic heterocycles. The van der Waals surface area contributed by atoms with E-state index < -0.39 is 0 Å². The molecule has 1 aromatic heterocycles. The number of ketones is 1. The minimum absolute atomic E-state index is 0.00617. The summed E-state index contributed by atoms with van der Waals surface area (Å²) in [6.45, 7) is 3.40. The Balaban J connectivity index is 1.75. The van der Waals surface area contributed by atoms with Crippen LogP contribution in [-0.4, -0.2) is 42.4 Å². The largest absolute Gasteiger partial charge is 0.377 e. The van der Waals surface area contributed by atoms with Gasteiger partial charge >= 0.3 is 0 Å². The molecular formula is C18H19NO3S. The number of ether oxygens (including phenoxy) is 1. The fourth-order valence-electron chi connectivity index (χ4n) is 2.77. The molecule has 2 aromatic rings. The van der Waals surface area contributed by atoms with E-state index in [2.05, 4.69) is 0 Å². The molecule has 1 saturated heterocycles. The molecule has 0 spiro atoms. The van der Waals surface area contributed by atoms with Crippen molar-refractivity contribution in [3.8, 4) is 0 Å². The van der Waals surface area contributed by atoms with Gasteiger partial charge in [-0.3, -0.25) is 9.59 Å². The topological polar surface area (TPSA) is 46.6 Å². The van der Waals surface area contributed by atoms with E-state index in [0.717, 1.165) is 10.4 Å². The molecule has 120 valence electrons. The predicted molar refractivity (Wildman–Crippen MR) is 90.1 cm³/mol. The Morgan fingerprint density at radius 3 is 2.74 bits per heavy atom. The molecule has 1 fully saturated rings. The quantitative estimate of drug-likeness (QED) is 0.810. The van der Waals surface area contributed by atoms with E-state index in [4.69, 9.17) is 4.74 Å². The highest BCUT2D eigenvalue weighted by molar-refractivity contribution is 7.12. The van der Waals surface area contributed by atoms with Crippen LogP contribution in [-0.2, 0) is 4.74 Å². The molecule has 1 aromatic carbocycles. The van der Waals surface area contributed by atoms with Crippen LogP contribution in [0.25, 0.3) is 0 Å². The monoisotopic (exact) mass is 329 g/mol. The molecule has 0 radical (unpaired) electrons. The maximum absolute atomic E-state index is 12.8. The van der Waals surface area contributed by atoms with Crippen molar-refractivity contribution in [1.82, 2.24) is 4.90 Å². The summed E-state index contributed by atoms with van der Waals surface area (Å²) in [6.07, 6.45) is 0.292. The van der Waals surface area contributed by atoms with Crippen molar-refractivity contribution in [2.24, 2.45) is 0 Å². The lowest BCUT2D eigenvalue weighted by atomic mass is 10.0. The maximum Gasteiger partial charge on any atom is 0.264 e. The number of morpholine rings is 1. The zero-order valence-corrected chi connectivity index (χ0v) is 13.8. The lowest BCUT2D eigenvalue weighted by molar-refractivity contribution is -0.00258. The number of benzene rings is 1. The van der Waals surface area contributed by atoms with Crippen LogP contribution in [0.15, 0.2) is 41.8 Å². The third-order valence-corrected chi connectivity index (χ3v) is 5.07. The van der Waals surface area contributed by atoms with Crippen molar-refractivity contribution in [3.05, 3.63) is 57.8 Å². The minimum atomic E-state index is -0.203. The second-order valence-corrected chi connectivity index (χ2v) is 6.57. The number of hydrogen-bond acceptors (Lipinski definition) is 4. The van der Waals surface area contributed by atoms with E-state index >= 15 is 0 Å². The number of nitrogens with zero attached hydrogens (tertiary/aromatic N) is 1. The highest BCUT2D eigenvalue weighted by atomic mass is 32.1. The molecule has 5 heteroatoms. The molecule has 23 heavy (non-hydrogen) atoms. The zero-order valence-electron chi connectivity index (χ0n) is 13.0. The molecule has 1 atom stereocenters. The van der Waals surface area contributed by atoms with E-state index in [1.165, 1.54) is 11.3 Å². The molecule has 2 heterocycles. The molecule has 4 nitrogen and oxygen atoms in total. The van der Waals surface area contributed by atoms with Gasteiger partial charge in [-0.05, 0) is 23.9 Å². The van der Waals surface area contributed by atoms with E-state index in [-0.39, 0.29) is 17.7 Å². The zero-order chi connectivity index (χ0) is 16.2. The van der Waals surface area contributed by atoms with Crippen LogP contribution >= 0.6 is 11.3 Å². The summed E-state index contributed by atoms with van der Waals surface area (Å²) in [7, 11) is 0. The number of thiophene rings is 1. The number of amides is 1. The summed E-state index contributed by atoms with van der Waals surface area (Å²) >= 11 is 1.45. The number of hydrogen-bond donors (Lipinski definition) is 0. The lowest BCUT2D eigenvalue weighted by Gasteiger charge is -2.35. The minimum Gasteiger partial charge on any atom is -0.377 e. The van der Waals surface area contributed by atoms with Crippen LogP contribution in [0, 0.1) is 6.92 Å². The Labute approximate surface area is 139 Å². The predicted octanol–water partition coefficient (Wildman–Crippen LogP) is 3.17. The van der Waals surface area contributed by atoms with Crippen LogP contribution in [0.3, 0.4) is 0 Å². The number of carbonyl (C=O) groups is 2. The summed E-state index contributed by atoms with van der Waals surface area (Å²) < 4.78 is 5.50. The van der Waals surface area contributed by atoms with E-state index in [9.17, 15) is 9.59 Å². The highest BCUT2D eigenvalue weighted by Gasteiger charge is 2.31. The Hall–Kier alpha value is -1.98. The molecule has 1 aliphatic rings. The van der Waals surface area contributed by atoms with Crippen molar-refractivity contribution < 1.29 is 14.3 Å². The van der Waals surface area contributed by atoms with Crippen molar-refractivity contribution in [2.75, 3.05) is 19.8 Å². The number of aryl methyl sites for hydroxylation is 1. The standard InChI is InChI=1S/C18H19NO3S/c1-13-7-10-23-17(13)18(21)19-8-9-22-12-15(19)11-16(20)14-5-3-2-4-6-14/h2-7,10,15H,8-9,11-12H2,1H3/t15-/m0/s1. The maximum atomic E-state index is 12.8. The van der Waals surface area contributed by atoms with Gasteiger partial charge in [0.15, 0.2) is 5.78 Å². The average Bonchev–Trinajstić information content (AvgIpc) is 3.01. The Kier molecular flexibility index (Phi) is 4.88. The second kappa shape index (κ2) is 7.06. The van der Waals surface area contributed by atoms with Gasteiger partial charge in [0, 0.05) is 18.5 Å². The van der Waals surface area contributed by atoms with Gasteiger partial charge in [-0.25, -0.2) is 0 Å². The van der Waals surface area contributed by atoms with Crippen molar-refractivity contribution in [2.45, 2.75) is 19.4 Å². The van der Waals surface area contributed by atoms with Gasteiger partial charge in [0.1, 0.15) is 0 Å². The van der Waals surface area contributed by atoms with Crippen molar-refractivity contribution in [1.29, 1.82) is 0 Å². The van der Waals surface area contributed by atoms with Gasteiger partial charge in [0.25, 0.3) is 5.91 Å². The highest BCUT2D eigenvalue weighted by Crippen LogP contribution is 2.22. The molecule has 0 aliphatic carbocycles. The third kappa shape index (κ3) is 3.51. The van der Waals surface area contributed by atoms with Gasteiger partial charge < -0.3 is 9.64 Å². The van der Waals surface area contributed by atoms with Crippen LogP contribution in [0.2, 0.25) is 0 Å². The van der Waals surface area contributed by atoms with Gasteiger partial charge in [-0.15, -0.1) is 11.3 Å².